The summed E-state index contributed by atoms with van der Waals surface area (Å²) in [6.07, 6.45) is 0.799. The van der Waals surface area contributed by atoms with Gasteiger partial charge in [0.05, 0.1) is 11.4 Å². The second-order valence-corrected chi connectivity index (χ2v) is 4.54. The van der Waals surface area contributed by atoms with Gasteiger partial charge >= 0.3 is 0 Å². The Kier molecular flexibility index (Phi) is 3.69. The van der Waals surface area contributed by atoms with E-state index in [2.05, 4.69) is 4.98 Å². The third kappa shape index (κ3) is 2.48. The van der Waals surface area contributed by atoms with E-state index in [1.807, 2.05) is 18.2 Å². The Morgan fingerprint density at radius 2 is 2.31 bits per heavy atom. The number of para-hydroxylation sites is 1. The fraction of sp³-hybridized carbons (Fsp3) is 0.364. The molecule has 1 heterocycles. The highest BCUT2D eigenvalue weighted by molar-refractivity contribution is 7.98. The number of aromatic nitrogens is 1. The van der Waals surface area contributed by atoms with Crippen molar-refractivity contribution in [3.05, 3.63) is 24.1 Å². The SMILES string of the molecule is Nc1cccc2oc(CSCCCO)nc12. The molecule has 0 saturated carbocycles. The molecular weight excluding hydrogens is 224 g/mol. The quantitative estimate of drug-likeness (QED) is 0.616. The van der Waals surface area contributed by atoms with Crippen LogP contribution in [0.3, 0.4) is 0 Å². The number of thioether (sulfide) groups is 1. The monoisotopic (exact) mass is 238 g/mol. The molecule has 1 aromatic carbocycles. The van der Waals surface area contributed by atoms with Crippen molar-refractivity contribution in [2.75, 3.05) is 18.1 Å². The van der Waals surface area contributed by atoms with E-state index >= 15 is 0 Å². The summed E-state index contributed by atoms with van der Waals surface area (Å²) in [6, 6.07) is 5.53. The summed E-state index contributed by atoms with van der Waals surface area (Å²) >= 11 is 1.69. The predicted octanol–water partition coefficient (Wildman–Crippen LogP) is 2.03. The maximum atomic E-state index is 8.65. The molecular formula is C11H14N2O2S. The van der Waals surface area contributed by atoms with Gasteiger partial charge in [-0.15, -0.1) is 0 Å². The van der Waals surface area contributed by atoms with E-state index in [0.717, 1.165) is 23.3 Å². The number of rotatable bonds is 5. The predicted molar refractivity (Wildman–Crippen MR) is 66.3 cm³/mol. The molecule has 0 fully saturated rings. The number of aliphatic hydroxyl groups is 1. The maximum absolute atomic E-state index is 8.65. The summed E-state index contributed by atoms with van der Waals surface area (Å²) in [4.78, 5) is 4.33. The average molecular weight is 238 g/mol. The Morgan fingerprint density at radius 3 is 3.06 bits per heavy atom. The van der Waals surface area contributed by atoms with Gasteiger partial charge in [0.1, 0.15) is 5.52 Å². The Balaban J connectivity index is 2.05. The number of nitrogen functional groups attached to an aromatic ring is 1. The molecule has 0 aliphatic rings. The molecule has 86 valence electrons. The van der Waals surface area contributed by atoms with Crippen LogP contribution in [0.5, 0.6) is 0 Å². The molecule has 16 heavy (non-hydrogen) atoms. The number of nitrogens with zero attached hydrogens (tertiary/aromatic N) is 1. The highest BCUT2D eigenvalue weighted by Gasteiger charge is 2.07. The van der Waals surface area contributed by atoms with Crippen LogP contribution in [0.1, 0.15) is 12.3 Å². The second-order valence-electron chi connectivity index (χ2n) is 3.43. The molecule has 2 rings (SSSR count). The number of hydrogen-bond donors (Lipinski definition) is 2. The fourth-order valence-electron chi connectivity index (χ4n) is 1.40. The zero-order chi connectivity index (χ0) is 11.4. The smallest absolute Gasteiger partial charge is 0.205 e. The van der Waals surface area contributed by atoms with Crippen LogP contribution in [0.25, 0.3) is 11.1 Å². The van der Waals surface area contributed by atoms with Crippen molar-refractivity contribution in [1.82, 2.24) is 4.98 Å². The zero-order valence-corrected chi connectivity index (χ0v) is 9.67. The molecule has 4 nitrogen and oxygen atoms in total. The third-order valence-corrected chi connectivity index (χ3v) is 3.20. The first-order chi connectivity index (χ1) is 7.81. The number of oxazole rings is 1. The van der Waals surface area contributed by atoms with Crippen LogP contribution in [0.2, 0.25) is 0 Å². The number of nitrogens with two attached hydrogens (primary N) is 1. The molecule has 0 aliphatic heterocycles. The maximum Gasteiger partial charge on any atom is 0.205 e. The number of benzene rings is 1. The molecule has 5 heteroatoms. The standard InChI is InChI=1S/C11H14N2O2S/c12-8-3-1-4-9-11(8)13-10(15-9)7-16-6-2-5-14/h1,3-4,14H,2,5-7,12H2. The van der Waals surface area contributed by atoms with Crippen LogP contribution in [-0.2, 0) is 5.75 Å². The lowest BCUT2D eigenvalue weighted by Crippen LogP contribution is -1.88. The van der Waals surface area contributed by atoms with Gasteiger partial charge in [-0.2, -0.15) is 11.8 Å². The van der Waals surface area contributed by atoms with E-state index in [-0.39, 0.29) is 6.61 Å². The normalized spacial score (nSPS) is 11.1. The first kappa shape index (κ1) is 11.3. The van der Waals surface area contributed by atoms with Crippen LogP contribution in [0.4, 0.5) is 5.69 Å². The van der Waals surface area contributed by atoms with Gasteiger partial charge in [-0.05, 0) is 24.3 Å². The van der Waals surface area contributed by atoms with Crippen LogP contribution < -0.4 is 5.73 Å². The molecule has 3 N–H and O–H groups in total. The van der Waals surface area contributed by atoms with Gasteiger partial charge in [0, 0.05) is 6.61 Å². The van der Waals surface area contributed by atoms with Gasteiger partial charge in [-0.25, -0.2) is 4.98 Å². The van der Waals surface area contributed by atoms with Crippen LogP contribution in [0, 0.1) is 0 Å². The van der Waals surface area contributed by atoms with Crippen molar-refractivity contribution < 1.29 is 9.52 Å². The van der Waals surface area contributed by atoms with Gasteiger partial charge < -0.3 is 15.3 Å². The summed E-state index contributed by atoms with van der Waals surface area (Å²) in [6.45, 7) is 0.230. The zero-order valence-electron chi connectivity index (χ0n) is 8.85. The molecule has 0 bridgehead atoms. The van der Waals surface area contributed by atoms with E-state index in [0.29, 0.717) is 17.3 Å². The lowest BCUT2D eigenvalue weighted by atomic mass is 10.3. The van der Waals surface area contributed by atoms with Crippen molar-refractivity contribution in [2.24, 2.45) is 0 Å². The molecule has 0 amide bonds. The van der Waals surface area contributed by atoms with Crippen molar-refractivity contribution in [2.45, 2.75) is 12.2 Å². The lowest BCUT2D eigenvalue weighted by molar-refractivity contribution is 0.296. The van der Waals surface area contributed by atoms with E-state index in [1.165, 1.54) is 0 Å². The second kappa shape index (κ2) is 5.23. The molecule has 1 aromatic heterocycles. The molecule has 2 aromatic rings. The minimum atomic E-state index is 0.230. The van der Waals surface area contributed by atoms with E-state index < -0.39 is 0 Å². The number of anilines is 1. The summed E-state index contributed by atoms with van der Waals surface area (Å²) < 4.78 is 5.55. The first-order valence-electron chi connectivity index (χ1n) is 5.14. The van der Waals surface area contributed by atoms with Crippen molar-refractivity contribution in [3.63, 3.8) is 0 Å². The Morgan fingerprint density at radius 1 is 1.44 bits per heavy atom. The van der Waals surface area contributed by atoms with Gasteiger partial charge in [0.15, 0.2) is 5.58 Å². The Hall–Kier alpha value is -1.20. The van der Waals surface area contributed by atoms with Crippen molar-refractivity contribution in [1.29, 1.82) is 0 Å². The van der Waals surface area contributed by atoms with Gasteiger partial charge in [0.25, 0.3) is 0 Å². The Labute approximate surface area is 97.8 Å². The lowest BCUT2D eigenvalue weighted by Gasteiger charge is -1.94. The highest BCUT2D eigenvalue weighted by Crippen LogP contribution is 2.23. The molecule has 0 atom stereocenters. The van der Waals surface area contributed by atoms with Crippen LogP contribution >= 0.6 is 11.8 Å². The summed E-state index contributed by atoms with van der Waals surface area (Å²) in [5.74, 6) is 2.31. The number of aliphatic hydroxyl groups excluding tert-OH is 1. The average Bonchev–Trinajstić information content (AvgIpc) is 2.69. The van der Waals surface area contributed by atoms with Crippen LogP contribution in [-0.4, -0.2) is 22.5 Å². The fourth-order valence-corrected chi connectivity index (χ4v) is 2.18. The van der Waals surface area contributed by atoms with Crippen LogP contribution in [0.15, 0.2) is 22.6 Å². The highest BCUT2D eigenvalue weighted by atomic mass is 32.2. The molecule has 0 spiro atoms. The summed E-state index contributed by atoms with van der Waals surface area (Å²) in [7, 11) is 0. The van der Waals surface area contributed by atoms with Crippen molar-refractivity contribution >= 4 is 28.5 Å². The first-order valence-corrected chi connectivity index (χ1v) is 6.29. The van der Waals surface area contributed by atoms with Gasteiger partial charge in [-0.1, -0.05) is 6.07 Å². The summed E-state index contributed by atoms with van der Waals surface area (Å²) in [5, 5.41) is 8.65. The molecule has 0 radical (unpaired) electrons. The Bertz CT molecular complexity index is 470. The van der Waals surface area contributed by atoms with Gasteiger partial charge in [0.2, 0.25) is 5.89 Å². The number of hydrogen-bond acceptors (Lipinski definition) is 5. The number of fused-ring (bicyclic) bond motifs is 1. The third-order valence-electron chi connectivity index (χ3n) is 2.17. The summed E-state index contributed by atoms with van der Waals surface area (Å²) in [5.41, 5.74) is 7.90. The largest absolute Gasteiger partial charge is 0.440 e. The van der Waals surface area contributed by atoms with Crippen molar-refractivity contribution in [3.8, 4) is 0 Å². The minimum absolute atomic E-state index is 0.230. The molecule has 0 saturated heterocycles. The van der Waals surface area contributed by atoms with E-state index in [4.69, 9.17) is 15.3 Å². The molecule has 0 unspecified atom stereocenters. The molecule has 0 aliphatic carbocycles. The van der Waals surface area contributed by atoms with E-state index in [1.54, 1.807) is 11.8 Å². The van der Waals surface area contributed by atoms with E-state index in [9.17, 15) is 0 Å². The topological polar surface area (TPSA) is 72.3 Å². The van der Waals surface area contributed by atoms with Gasteiger partial charge in [-0.3, -0.25) is 0 Å². The minimum Gasteiger partial charge on any atom is -0.440 e.